The molecule has 1 saturated heterocycles. The maximum atomic E-state index is 14.8. The first kappa shape index (κ1) is 8.67. The van der Waals surface area contributed by atoms with Crippen LogP contribution in [0.5, 0.6) is 0 Å². The molecule has 0 spiro atoms. The number of hydrogen-bond donors (Lipinski definition) is 1. The molecule has 2 rings (SSSR count). The van der Waals surface area contributed by atoms with Crippen LogP contribution < -0.4 is 10.2 Å². The van der Waals surface area contributed by atoms with E-state index in [9.17, 15) is 17.6 Å². The second kappa shape index (κ2) is 11.1. The SMILES string of the molecule is [2H]c1c(F)c([2H])c(N([2H])C(C)=O)c([2H])c1N1CCN(C([2H])([2H])CCC([2H])([2H])N(C([2H])([2H])[2H])S(=O)(=O)C([2H])([2H])C([2H])(C([2H])([2H])[2H])C([2H])([2H])[2H])CC1. The van der Waals surface area contributed by atoms with E-state index in [1.54, 1.807) is 0 Å². The quantitative estimate of drug-likeness (QED) is 0.579. The molecule has 9 heteroatoms. The van der Waals surface area contributed by atoms with Crippen LogP contribution in [0.25, 0.3) is 0 Å². The first-order valence-electron chi connectivity index (χ1n) is 18.6. The van der Waals surface area contributed by atoms with Gasteiger partial charge in [-0.15, -0.1) is 0 Å². The molecule has 1 N–H and O–H groups in total. The van der Waals surface area contributed by atoms with E-state index >= 15 is 0 Å². The number of piperazine rings is 1. The van der Waals surface area contributed by atoms with Crippen molar-refractivity contribution in [1.82, 2.24) is 9.21 Å². The highest BCUT2D eigenvalue weighted by molar-refractivity contribution is 7.89. The summed E-state index contributed by atoms with van der Waals surface area (Å²) in [6.45, 7) is -19.0. The number of anilines is 2. The van der Waals surface area contributed by atoms with E-state index < -0.39 is 114 Å². The first-order valence-corrected chi connectivity index (χ1v) is 10.1. The lowest BCUT2D eigenvalue weighted by Gasteiger charge is -2.36. The van der Waals surface area contributed by atoms with E-state index in [0.29, 0.717) is 0 Å². The minimum Gasteiger partial charge on any atom is -0.369 e. The fraction of sp³-hybridized carbons (Fsp3) is 0.667. The molecule has 170 valence electrons. The van der Waals surface area contributed by atoms with Crippen LogP contribution in [0.4, 0.5) is 15.8 Å². The molecular weight excluding hydrogens is 407 g/mol. The van der Waals surface area contributed by atoms with E-state index in [0.717, 1.165) is 11.8 Å². The molecule has 1 aromatic carbocycles. The van der Waals surface area contributed by atoms with Gasteiger partial charge < -0.3 is 10.2 Å². The molecular formula is C21H35FN4O3S. The Hall–Kier alpha value is -1.71. The predicted octanol–water partition coefficient (Wildman–Crippen LogP) is 2.60. The summed E-state index contributed by atoms with van der Waals surface area (Å²) < 4.78 is 198. The fourth-order valence-corrected chi connectivity index (χ4v) is 3.11. The number of carbonyl (C=O) groups excluding carboxylic acids is 1. The molecule has 0 bridgehead atoms. The van der Waals surface area contributed by atoms with Crippen LogP contribution in [0.15, 0.2) is 18.1 Å². The Balaban J connectivity index is 2.42. The Morgan fingerprint density at radius 2 is 2.10 bits per heavy atom. The predicted molar refractivity (Wildman–Crippen MR) is 120 cm³/mol. The van der Waals surface area contributed by atoms with Crippen LogP contribution in [0, 0.1) is 11.7 Å². The van der Waals surface area contributed by atoms with Gasteiger partial charge in [0.2, 0.25) is 15.9 Å². The molecule has 0 aromatic heterocycles. The summed E-state index contributed by atoms with van der Waals surface area (Å²) in [6.07, 6.45) is -2.32. The molecule has 0 saturated carbocycles. The first-order chi connectivity index (χ1) is 22.0. The third-order valence-corrected chi connectivity index (χ3v) is 4.82. The van der Waals surface area contributed by atoms with Crippen molar-refractivity contribution in [1.29, 1.82) is 0 Å². The maximum absolute atomic E-state index is 14.8. The number of amides is 1. The zero-order valence-electron chi connectivity index (χ0n) is 36.0. The smallest absolute Gasteiger partial charge is 0.221 e. The number of sulfonamides is 1. The third kappa shape index (κ3) is 7.85. The lowest BCUT2D eigenvalue weighted by Crippen LogP contribution is -2.46. The van der Waals surface area contributed by atoms with Crippen molar-refractivity contribution in [2.45, 2.75) is 33.5 Å². The molecule has 1 aliphatic rings. The number of hydrogen-bond acceptors (Lipinski definition) is 5. The van der Waals surface area contributed by atoms with Gasteiger partial charge in [0.25, 0.3) is 0 Å². The zero-order chi connectivity index (χ0) is 39.6. The van der Waals surface area contributed by atoms with Crippen molar-refractivity contribution in [2.24, 2.45) is 5.89 Å². The zero-order valence-corrected chi connectivity index (χ0v) is 16.9. The van der Waals surface area contributed by atoms with Crippen LogP contribution in [0.3, 0.4) is 0 Å². The highest BCUT2D eigenvalue weighted by Crippen LogP contribution is 2.23. The highest BCUT2D eigenvalue weighted by Gasteiger charge is 2.20. The summed E-state index contributed by atoms with van der Waals surface area (Å²) in [5.74, 6) is -6.90. The van der Waals surface area contributed by atoms with Gasteiger partial charge in [-0.05, 0) is 43.4 Å². The van der Waals surface area contributed by atoms with Gasteiger partial charge in [0, 0.05) is 79.9 Å². The van der Waals surface area contributed by atoms with Crippen LogP contribution in [-0.4, -0.2) is 75.4 Å². The third-order valence-electron chi connectivity index (χ3n) is 3.75. The molecule has 1 heterocycles. The second-order valence-corrected chi connectivity index (χ2v) is 7.57. The second-order valence-electron chi connectivity index (χ2n) is 6.05. The Kier molecular flexibility index (Phi) is 3.20. The topological polar surface area (TPSA) is 73.0 Å². The summed E-state index contributed by atoms with van der Waals surface area (Å²) in [6, 6.07) is -2.63. The standard InChI is InChI=1S/C21H35FN4O3S/c1-17(2)16-30(28,29)24(4)7-5-6-8-25-9-11-26(12-10-25)21-14-19(22)13-20(15-21)23-18(3)27/h13-15,17H,5-12,16H2,1-4H3,(H,23,27)/i1D3,2D3,4D3,7D2,8D2,13D,14D,15D,16D2,17D/hD. The molecule has 1 amide bonds. The molecule has 0 atom stereocenters. The van der Waals surface area contributed by atoms with Crippen molar-refractivity contribution in [2.75, 3.05) is 62.1 Å². The molecule has 0 aliphatic carbocycles. The molecule has 1 aliphatic heterocycles. The van der Waals surface area contributed by atoms with Crippen LogP contribution in [0.1, 0.15) is 59.5 Å². The van der Waals surface area contributed by atoms with Crippen molar-refractivity contribution in [3.05, 3.63) is 23.9 Å². The van der Waals surface area contributed by atoms with Crippen LogP contribution in [0.2, 0.25) is 1.41 Å². The Bertz CT molecular complexity index is 1540. The van der Waals surface area contributed by atoms with Crippen LogP contribution in [-0.2, 0) is 14.8 Å². The molecule has 1 fully saturated rings. The van der Waals surface area contributed by atoms with Gasteiger partial charge in [0.1, 0.15) is 5.82 Å². The van der Waals surface area contributed by atoms with Gasteiger partial charge in [-0.25, -0.2) is 17.1 Å². The average Bonchev–Trinajstić information content (AvgIpc) is 2.92. The molecule has 30 heavy (non-hydrogen) atoms. The Labute approximate surface area is 208 Å². The van der Waals surface area contributed by atoms with Crippen molar-refractivity contribution >= 4 is 27.3 Å². The number of nitrogens with one attached hydrogen (secondary N) is 1. The summed E-state index contributed by atoms with van der Waals surface area (Å²) in [5, 5.41) is 0.115. The largest absolute Gasteiger partial charge is 0.369 e. The van der Waals surface area contributed by atoms with Gasteiger partial charge in [-0.3, -0.25) is 9.69 Å². The van der Waals surface area contributed by atoms with E-state index in [-0.39, 0.29) is 31.5 Å². The summed E-state index contributed by atoms with van der Waals surface area (Å²) >= 11 is 0. The van der Waals surface area contributed by atoms with E-state index in [4.69, 9.17) is 27.5 Å². The number of nitrogens with zero attached hydrogens (tertiary/aromatic N) is 3. The number of benzene rings is 1. The molecule has 0 unspecified atom stereocenters. The van der Waals surface area contributed by atoms with Crippen LogP contribution >= 0.6 is 0 Å². The lowest BCUT2D eigenvalue weighted by atomic mass is 10.2. The lowest BCUT2D eigenvalue weighted by molar-refractivity contribution is -0.114. The number of halogens is 1. The fourth-order valence-electron chi connectivity index (χ4n) is 2.50. The highest BCUT2D eigenvalue weighted by atomic mass is 32.2. The van der Waals surface area contributed by atoms with Crippen molar-refractivity contribution in [3.63, 3.8) is 0 Å². The van der Waals surface area contributed by atoms with Crippen molar-refractivity contribution in [3.8, 4) is 0 Å². The van der Waals surface area contributed by atoms with Gasteiger partial charge in [0.05, 0.1) is 9.82 Å². The van der Waals surface area contributed by atoms with E-state index in [2.05, 4.69) is 0 Å². The Morgan fingerprint density at radius 1 is 1.37 bits per heavy atom. The molecule has 0 radical (unpaired) electrons. The maximum Gasteiger partial charge on any atom is 0.221 e. The van der Waals surface area contributed by atoms with Gasteiger partial charge >= 0.3 is 0 Å². The minimum absolute atomic E-state index is 0.115. The average molecular weight is 463 g/mol. The number of rotatable bonds is 10. The molecule has 7 nitrogen and oxygen atoms in total. The summed E-state index contributed by atoms with van der Waals surface area (Å²) in [7, 11) is -6.54. The van der Waals surface area contributed by atoms with E-state index in [1.807, 2.05) is 0 Å². The normalized spacial score (nSPS) is 28.6. The molecule has 1 aromatic rings. The van der Waals surface area contributed by atoms with Gasteiger partial charge in [-0.2, -0.15) is 0 Å². The monoisotopic (exact) mass is 462 g/mol. The minimum atomic E-state index is -6.54. The Morgan fingerprint density at radius 3 is 2.73 bits per heavy atom. The summed E-state index contributed by atoms with van der Waals surface area (Å²) in [5.41, 5.74) is -5.92. The van der Waals surface area contributed by atoms with Gasteiger partial charge in [0.15, 0.2) is 1.41 Å². The summed E-state index contributed by atoms with van der Waals surface area (Å²) in [4.78, 5) is 14.0. The number of carbonyl (C=O) groups is 1. The van der Waals surface area contributed by atoms with E-state index in [1.165, 1.54) is 4.90 Å². The van der Waals surface area contributed by atoms with Crippen molar-refractivity contribution < 1.29 is 45.1 Å². The van der Waals surface area contributed by atoms with Gasteiger partial charge in [-0.1, -0.05) is 13.7 Å².